The molecule has 0 aliphatic rings. The van der Waals surface area contributed by atoms with Crippen LogP contribution in [0.2, 0.25) is 0 Å². The van der Waals surface area contributed by atoms with E-state index >= 15 is 0 Å². The summed E-state index contributed by atoms with van der Waals surface area (Å²) in [6, 6.07) is 9.66. The average molecular weight is 333 g/mol. The number of nitrogens with one attached hydrogen (secondary N) is 2. The molecule has 3 aromatic rings. The van der Waals surface area contributed by atoms with Crippen molar-refractivity contribution in [2.24, 2.45) is 0 Å². The first kappa shape index (κ1) is 14.5. The van der Waals surface area contributed by atoms with Crippen molar-refractivity contribution in [3.63, 3.8) is 0 Å². The Bertz CT molecular complexity index is 771. The molecule has 0 aliphatic heterocycles. The van der Waals surface area contributed by atoms with Crippen LogP contribution in [0.4, 0.5) is 11.1 Å². The third-order valence-corrected chi connectivity index (χ3v) is 4.24. The molecule has 112 valence electrons. The summed E-state index contributed by atoms with van der Waals surface area (Å²) < 4.78 is 0. The van der Waals surface area contributed by atoms with E-state index in [-0.39, 0.29) is 17.6 Å². The van der Waals surface area contributed by atoms with Gasteiger partial charge in [-0.15, -0.1) is 15.3 Å². The number of nitrogens with two attached hydrogens (primary N) is 1. The number of nitrogens with zero attached hydrogens (tertiary/aromatic N) is 4. The van der Waals surface area contributed by atoms with Gasteiger partial charge >= 0.3 is 0 Å². The molecule has 0 saturated heterocycles. The van der Waals surface area contributed by atoms with Gasteiger partial charge in [-0.25, -0.2) is 5.10 Å². The summed E-state index contributed by atoms with van der Waals surface area (Å²) in [6.45, 7) is 0. The van der Waals surface area contributed by atoms with Gasteiger partial charge in [-0.05, 0) is 0 Å². The minimum atomic E-state index is -0.205. The quantitative estimate of drug-likeness (QED) is 0.606. The Hall–Kier alpha value is -2.46. The van der Waals surface area contributed by atoms with Crippen molar-refractivity contribution in [2.75, 3.05) is 16.8 Å². The fourth-order valence-electron chi connectivity index (χ4n) is 1.58. The monoisotopic (exact) mass is 333 g/mol. The lowest BCUT2D eigenvalue weighted by Crippen LogP contribution is -2.13. The zero-order valence-electron chi connectivity index (χ0n) is 11.2. The Kier molecular flexibility index (Phi) is 4.30. The summed E-state index contributed by atoms with van der Waals surface area (Å²) in [5, 5.41) is 18.7. The van der Waals surface area contributed by atoms with Crippen LogP contribution >= 0.6 is 23.1 Å². The van der Waals surface area contributed by atoms with E-state index in [4.69, 9.17) is 5.73 Å². The van der Waals surface area contributed by atoms with E-state index in [2.05, 4.69) is 30.7 Å². The summed E-state index contributed by atoms with van der Waals surface area (Å²) in [4.78, 5) is 15.8. The molecule has 0 radical (unpaired) electrons. The maximum Gasteiger partial charge on any atom is 0.236 e. The summed E-state index contributed by atoms with van der Waals surface area (Å²) in [5.74, 6) is 0.182. The molecule has 22 heavy (non-hydrogen) atoms. The first-order chi connectivity index (χ1) is 10.7. The number of carbonyl (C=O) groups is 1. The predicted molar refractivity (Wildman–Crippen MR) is 85.5 cm³/mol. The normalized spacial score (nSPS) is 10.5. The maximum atomic E-state index is 11.8. The van der Waals surface area contributed by atoms with Crippen molar-refractivity contribution < 1.29 is 4.79 Å². The maximum absolute atomic E-state index is 11.8. The number of H-pyrrole nitrogens is 1. The van der Waals surface area contributed by atoms with Crippen molar-refractivity contribution in [3.05, 3.63) is 30.3 Å². The molecule has 2 heterocycles. The van der Waals surface area contributed by atoms with E-state index in [1.54, 1.807) is 0 Å². The molecule has 8 nitrogen and oxygen atoms in total. The van der Waals surface area contributed by atoms with Crippen LogP contribution < -0.4 is 11.1 Å². The molecule has 0 bridgehead atoms. The van der Waals surface area contributed by atoms with Crippen molar-refractivity contribution >= 4 is 40.1 Å². The second-order valence-electron chi connectivity index (χ2n) is 4.12. The number of hydrogen-bond donors (Lipinski definition) is 3. The van der Waals surface area contributed by atoms with Gasteiger partial charge in [0, 0.05) is 5.56 Å². The van der Waals surface area contributed by atoms with E-state index < -0.39 is 0 Å². The number of hydrogen-bond acceptors (Lipinski definition) is 8. The van der Waals surface area contributed by atoms with Gasteiger partial charge in [-0.1, -0.05) is 53.4 Å². The molecule has 0 atom stereocenters. The Morgan fingerprint density at radius 1 is 1.32 bits per heavy atom. The van der Waals surface area contributed by atoms with Crippen molar-refractivity contribution in [2.45, 2.75) is 5.16 Å². The van der Waals surface area contributed by atoms with Crippen molar-refractivity contribution in [1.82, 2.24) is 25.4 Å². The lowest BCUT2D eigenvalue weighted by molar-refractivity contribution is -0.113. The number of amides is 1. The Balaban J connectivity index is 1.57. The van der Waals surface area contributed by atoms with Gasteiger partial charge in [0.2, 0.25) is 22.1 Å². The average Bonchev–Trinajstić information content (AvgIpc) is 3.15. The van der Waals surface area contributed by atoms with Crippen LogP contribution in [0.15, 0.2) is 35.5 Å². The Labute approximate surface area is 133 Å². The van der Waals surface area contributed by atoms with Gasteiger partial charge in [-0.3, -0.25) is 10.1 Å². The standard InChI is InChI=1S/C12H11N7OS2/c13-10-15-11(18-17-10)21-6-8(20)14-12-19-16-9(22-12)7-4-2-1-3-5-7/h1-5H,6H2,(H,14,19,20)(H3,13,15,17,18). The third kappa shape index (κ3) is 3.59. The van der Waals surface area contributed by atoms with Gasteiger partial charge in [0.15, 0.2) is 0 Å². The molecular formula is C12H11N7OS2. The Morgan fingerprint density at radius 3 is 2.86 bits per heavy atom. The largest absolute Gasteiger partial charge is 0.368 e. The summed E-state index contributed by atoms with van der Waals surface area (Å²) in [7, 11) is 0. The molecule has 10 heteroatoms. The molecular weight excluding hydrogens is 322 g/mol. The molecule has 0 aliphatic carbocycles. The first-order valence-electron chi connectivity index (χ1n) is 6.20. The predicted octanol–water partition coefficient (Wildman–Crippen LogP) is 1.64. The molecule has 3 rings (SSSR count). The van der Waals surface area contributed by atoms with Crippen LogP contribution in [-0.4, -0.2) is 37.0 Å². The number of benzene rings is 1. The zero-order chi connectivity index (χ0) is 15.4. The van der Waals surface area contributed by atoms with E-state index in [1.807, 2.05) is 30.3 Å². The molecule has 1 aromatic carbocycles. The van der Waals surface area contributed by atoms with Crippen LogP contribution in [0.25, 0.3) is 10.6 Å². The number of rotatable bonds is 5. The topological polar surface area (TPSA) is 122 Å². The Morgan fingerprint density at radius 2 is 2.14 bits per heavy atom. The van der Waals surface area contributed by atoms with Gasteiger partial charge in [0.25, 0.3) is 0 Å². The van der Waals surface area contributed by atoms with Crippen molar-refractivity contribution in [1.29, 1.82) is 0 Å². The number of nitrogen functional groups attached to an aromatic ring is 1. The number of carbonyl (C=O) groups excluding carboxylic acids is 1. The number of thioether (sulfide) groups is 1. The zero-order valence-corrected chi connectivity index (χ0v) is 12.8. The van der Waals surface area contributed by atoms with Crippen LogP contribution in [0.1, 0.15) is 0 Å². The van der Waals surface area contributed by atoms with Gasteiger partial charge in [-0.2, -0.15) is 4.98 Å². The molecule has 1 amide bonds. The first-order valence-corrected chi connectivity index (χ1v) is 8.00. The van der Waals surface area contributed by atoms with Gasteiger partial charge in [0.1, 0.15) is 5.01 Å². The number of anilines is 2. The molecule has 0 fully saturated rings. The summed E-state index contributed by atoms with van der Waals surface area (Å²) in [6.07, 6.45) is 0. The van der Waals surface area contributed by atoms with Crippen LogP contribution in [-0.2, 0) is 4.79 Å². The lowest BCUT2D eigenvalue weighted by Gasteiger charge is -1.98. The second kappa shape index (κ2) is 6.54. The van der Waals surface area contributed by atoms with E-state index in [1.165, 1.54) is 23.1 Å². The SMILES string of the molecule is Nc1nc(SCC(=O)Nc2nnc(-c3ccccc3)s2)n[nH]1. The molecule has 0 unspecified atom stereocenters. The molecule has 2 aromatic heterocycles. The van der Waals surface area contributed by atoms with Crippen molar-refractivity contribution in [3.8, 4) is 10.6 Å². The van der Waals surface area contributed by atoms with Gasteiger partial charge < -0.3 is 5.73 Å². The molecule has 0 spiro atoms. The highest BCUT2D eigenvalue weighted by molar-refractivity contribution is 7.99. The fraction of sp³-hybridized carbons (Fsp3) is 0.0833. The fourth-order valence-corrected chi connectivity index (χ4v) is 2.95. The smallest absolute Gasteiger partial charge is 0.236 e. The minimum Gasteiger partial charge on any atom is -0.368 e. The summed E-state index contributed by atoms with van der Waals surface area (Å²) >= 11 is 2.50. The number of aromatic nitrogens is 5. The van der Waals surface area contributed by atoms with E-state index in [9.17, 15) is 4.79 Å². The van der Waals surface area contributed by atoms with Gasteiger partial charge in [0.05, 0.1) is 5.75 Å². The third-order valence-electron chi connectivity index (χ3n) is 2.51. The highest BCUT2D eigenvalue weighted by Crippen LogP contribution is 2.26. The highest BCUT2D eigenvalue weighted by Gasteiger charge is 2.11. The van der Waals surface area contributed by atoms with Crippen LogP contribution in [0, 0.1) is 0 Å². The van der Waals surface area contributed by atoms with E-state index in [0.717, 1.165) is 10.6 Å². The highest BCUT2D eigenvalue weighted by atomic mass is 32.2. The lowest BCUT2D eigenvalue weighted by atomic mass is 10.2. The number of aromatic amines is 1. The van der Waals surface area contributed by atoms with Crippen LogP contribution in [0.5, 0.6) is 0 Å². The summed E-state index contributed by atoms with van der Waals surface area (Å²) in [5.41, 5.74) is 6.37. The second-order valence-corrected chi connectivity index (χ2v) is 6.04. The molecule has 0 saturated carbocycles. The molecule has 4 N–H and O–H groups in total. The minimum absolute atomic E-state index is 0.164. The van der Waals surface area contributed by atoms with Crippen LogP contribution in [0.3, 0.4) is 0 Å². The van der Waals surface area contributed by atoms with E-state index in [0.29, 0.717) is 10.3 Å².